The molecule has 0 saturated carbocycles. The van der Waals surface area contributed by atoms with Gasteiger partial charge in [0.15, 0.2) is 4.77 Å². The van der Waals surface area contributed by atoms with Gasteiger partial charge in [-0.25, -0.2) is 9.98 Å². The summed E-state index contributed by atoms with van der Waals surface area (Å²) in [5, 5.41) is 10.2. The summed E-state index contributed by atoms with van der Waals surface area (Å²) in [5.74, 6) is 0.498. The van der Waals surface area contributed by atoms with Crippen molar-refractivity contribution in [3.8, 4) is 5.88 Å². The molecule has 1 aromatic heterocycles. The molecule has 0 radical (unpaired) electrons. The van der Waals surface area contributed by atoms with Crippen LogP contribution in [0.3, 0.4) is 0 Å². The highest BCUT2D eigenvalue weighted by Crippen LogP contribution is 2.20. The highest BCUT2D eigenvalue weighted by molar-refractivity contribution is 7.71. The molecule has 0 fully saturated rings. The number of aliphatic imine (C=N–C) groups is 2. The standard InChI is InChI=1S/C14H16N4O2S/c1-4-6-18-13(20)9(12(19)17-14(18)21)7-10-8(3)15-11(5-2)16-10/h4,7,20H,1,5-6H2,2-3H3,(H,17,19,21). The molecule has 2 rings (SSSR count). The zero-order valence-corrected chi connectivity index (χ0v) is 12.7. The molecule has 0 bridgehead atoms. The van der Waals surface area contributed by atoms with Crippen LogP contribution in [0.4, 0.5) is 0 Å². The van der Waals surface area contributed by atoms with E-state index < -0.39 is 5.56 Å². The lowest BCUT2D eigenvalue weighted by molar-refractivity contribution is 0.412. The zero-order chi connectivity index (χ0) is 15.6. The lowest BCUT2D eigenvalue weighted by atomic mass is 10.2. The lowest BCUT2D eigenvalue weighted by Crippen LogP contribution is -2.16. The predicted octanol–water partition coefficient (Wildman–Crippen LogP) is 2.42. The summed E-state index contributed by atoms with van der Waals surface area (Å²) in [6, 6.07) is 0. The second kappa shape index (κ2) is 6.01. The van der Waals surface area contributed by atoms with E-state index in [9.17, 15) is 9.90 Å². The number of nitrogens with zero attached hydrogens (tertiary/aromatic N) is 3. The van der Waals surface area contributed by atoms with E-state index in [1.165, 1.54) is 10.6 Å². The fraction of sp³-hybridized carbons (Fsp3) is 0.286. The Hall–Kier alpha value is -2.28. The molecule has 0 saturated heterocycles. The Labute approximate surface area is 126 Å². The summed E-state index contributed by atoms with van der Waals surface area (Å²) < 4.78 is 1.54. The Bertz CT molecular complexity index is 796. The fourth-order valence-electron chi connectivity index (χ4n) is 1.93. The van der Waals surface area contributed by atoms with Gasteiger partial charge in [-0.05, 0) is 25.2 Å². The van der Waals surface area contributed by atoms with Gasteiger partial charge in [0.1, 0.15) is 11.4 Å². The highest BCUT2D eigenvalue weighted by atomic mass is 32.1. The molecule has 1 aliphatic heterocycles. The minimum absolute atomic E-state index is 0.108. The summed E-state index contributed by atoms with van der Waals surface area (Å²) in [6.45, 7) is 7.66. The fourth-order valence-corrected chi connectivity index (χ4v) is 2.18. The number of H-pyrrole nitrogens is 1. The molecule has 0 amide bonds. The van der Waals surface area contributed by atoms with Crippen molar-refractivity contribution in [3.63, 3.8) is 0 Å². The molecule has 0 unspecified atom stereocenters. The lowest BCUT2D eigenvalue weighted by Gasteiger charge is -2.09. The molecule has 0 spiro atoms. The first-order valence-electron chi connectivity index (χ1n) is 6.49. The van der Waals surface area contributed by atoms with Crippen molar-refractivity contribution >= 4 is 29.8 Å². The number of hydrogen-bond donors (Lipinski definition) is 2. The average Bonchev–Trinajstić information content (AvgIpc) is 2.80. The average molecular weight is 304 g/mol. The SMILES string of the molecule is C=CCn1c(O)c(C=C2N=C(CC)N=C2C)c(=O)[nH]c1=S. The van der Waals surface area contributed by atoms with Crippen molar-refractivity contribution in [1.82, 2.24) is 9.55 Å². The van der Waals surface area contributed by atoms with Crippen molar-refractivity contribution in [2.24, 2.45) is 9.98 Å². The van der Waals surface area contributed by atoms with Crippen LogP contribution in [-0.4, -0.2) is 26.2 Å². The van der Waals surface area contributed by atoms with E-state index in [4.69, 9.17) is 12.2 Å². The van der Waals surface area contributed by atoms with Gasteiger partial charge < -0.3 is 5.11 Å². The van der Waals surface area contributed by atoms with Crippen LogP contribution in [-0.2, 0) is 6.54 Å². The molecule has 0 aromatic carbocycles. The first kappa shape index (κ1) is 15.1. The van der Waals surface area contributed by atoms with Crippen LogP contribution < -0.4 is 5.56 Å². The first-order chi connectivity index (χ1) is 9.97. The molecule has 0 aliphatic carbocycles. The monoisotopic (exact) mass is 304 g/mol. The van der Waals surface area contributed by atoms with Gasteiger partial charge in [-0.15, -0.1) is 6.58 Å². The van der Waals surface area contributed by atoms with Crippen molar-refractivity contribution in [2.75, 3.05) is 0 Å². The van der Waals surface area contributed by atoms with Crippen LogP contribution in [0, 0.1) is 4.77 Å². The summed E-state index contributed by atoms with van der Waals surface area (Å²) in [7, 11) is 0. The van der Waals surface area contributed by atoms with E-state index >= 15 is 0 Å². The molecule has 110 valence electrons. The van der Waals surface area contributed by atoms with Crippen molar-refractivity contribution in [1.29, 1.82) is 0 Å². The number of aromatic nitrogens is 2. The van der Waals surface area contributed by atoms with Gasteiger partial charge in [0, 0.05) is 13.0 Å². The largest absolute Gasteiger partial charge is 0.494 e. The van der Waals surface area contributed by atoms with Crippen molar-refractivity contribution in [3.05, 3.63) is 39.0 Å². The molecule has 1 aliphatic rings. The molecule has 6 nitrogen and oxygen atoms in total. The molecule has 2 heterocycles. The molecule has 1 aromatic rings. The second-order valence-corrected chi connectivity index (χ2v) is 4.89. The molecular formula is C14H16N4O2S. The summed E-state index contributed by atoms with van der Waals surface area (Å²) in [5.41, 5.74) is 0.924. The summed E-state index contributed by atoms with van der Waals surface area (Å²) >= 11 is 5.02. The smallest absolute Gasteiger partial charge is 0.262 e. The van der Waals surface area contributed by atoms with Crippen LogP contribution in [0.25, 0.3) is 6.08 Å². The van der Waals surface area contributed by atoms with Gasteiger partial charge in [-0.3, -0.25) is 14.3 Å². The number of aromatic hydroxyl groups is 1. The Morgan fingerprint density at radius 3 is 2.76 bits per heavy atom. The van der Waals surface area contributed by atoms with Crippen LogP contribution in [0.15, 0.2) is 33.1 Å². The minimum atomic E-state index is -0.460. The van der Waals surface area contributed by atoms with Crippen LogP contribution in [0.5, 0.6) is 5.88 Å². The van der Waals surface area contributed by atoms with Gasteiger partial charge in [0.05, 0.1) is 11.4 Å². The van der Waals surface area contributed by atoms with Crippen LogP contribution in [0.2, 0.25) is 0 Å². The van der Waals surface area contributed by atoms with Gasteiger partial charge in [0.2, 0.25) is 5.88 Å². The third kappa shape index (κ3) is 2.92. The van der Waals surface area contributed by atoms with Gasteiger partial charge in [-0.2, -0.15) is 0 Å². The van der Waals surface area contributed by atoms with E-state index in [0.717, 1.165) is 0 Å². The molecule has 2 N–H and O–H groups in total. The topological polar surface area (TPSA) is 82.7 Å². The molecule has 7 heteroatoms. The Kier molecular flexibility index (Phi) is 4.32. The number of aromatic amines is 1. The highest BCUT2D eigenvalue weighted by Gasteiger charge is 2.15. The van der Waals surface area contributed by atoms with Gasteiger partial charge >= 0.3 is 0 Å². The van der Waals surface area contributed by atoms with Gasteiger partial charge in [-0.1, -0.05) is 13.0 Å². The van der Waals surface area contributed by atoms with E-state index in [0.29, 0.717) is 30.2 Å². The Morgan fingerprint density at radius 1 is 1.48 bits per heavy atom. The number of hydrogen-bond acceptors (Lipinski definition) is 5. The van der Waals surface area contributed by atoms with Crippen molar-refractivity contribution < 1.29 is 5.11 Å². The Morgan fingerprint density at radius 2 is 2.19 bits per heavy atom. The minimum Gasteiger partial charge on any atom is -0.494 e. The summed E-state index contributed by atoms with van der Waals surface area (Å²) in [6.07, 6.45) is 3.81. The number of rotatable bonds is 4. The molecule has 0 atom stereocenters. The van der Waals surface area contributed by atoms with Crippen LogP contribution in [0.1, 0.15) is 25.8 Å². The maximum absolute atomic E-state index is 12.0. The van der Waals surface area contributed by atoms with Gasteiger partial charge in [0.25, 0.3) is 5.56 Å². The quantitative estimate of drug-likeness (QED) is 0.662. The molecular weight excluding hydrogens is 288 g/mol. The van der Waals surface area contributed by atoms with E-state index in [2.05, 4.69) is 21.5 Å². The second-order valence-electron chi connectivity index (χ2n) is 4.50. The van der Waals surface area contributed by atoms with E-state index in [1.54, 1.807) is 6.08 Å². The number of allylic oxidation sites excluding steroid dienone is 2. The van der Waals surface area contributed by atoms with Crippen LogP contribution >= 0.6 is 12.2 Å². The predicted molar refractivity (Wildman–Crippen MR) is 86.6 cm³/mol. The van der Waals surface area contributed by atoms with E-state index in [1.807, 2.05) is 13.8 Å². The normalized spacial score (nSPS) is 16.0. The maximum Gasteiger partial charge on any atom is 0.262 e. The summed E-state index contributed by atoms with van der Waals surface area (Å²) in [4.78, 5) is 23.1. The van der Waals surface area contributed by atoms with Crippen molar-refractivity contribution in [2.45, 2.75) is 26.8 Å². The maximum atomic E-state index is 12.0. The third-order valence-corrected chi connectivity index (χ3v) is 3.36. The molecule has 21 heavy (non-hydrogen) atoms. The number of amidine groups is 1. The zero-order valence-electron chi connectivity index (χ0n) is 11.9. The number of nitrogens with one attached hydrogen (secondary N) is 1. The first-order valence-corrected chi connectivity index (χ1v) is 6.90. The third-order valence-electron chi connectivity index (χ3n) is 3.03. The van der Waals surface area contributed by atoms with E-state index in [-0.39, 0.29) is 16.2 Å². The Balaban J connectivity index is 2.61.